The Morgan fingerprint density at radius 3 is 2.33 bits per heavy atom. The quantitative estimate of drug-likeness (QED) is 0.358. The van der Waals surface area contributed by atoms with E-state index in [1.165, 1.54) is 37.7 Å². The summed E-state index contributed by atoms with van der Waals surface area (Å²) in [6, 6.07) is 8.05. The number of hydrogen-bond donors (Lipinski definition) is 0. The fourth-order valence-electron chi connectivity index (χ4n) is 2.48. The number of rotatable bonds is 11. The Labute approximate surface area is 154 Å². The Balaban J connectivity index is 1.83. The fraction of sp³-hybridized carbons (Fsp3) is 0.500. The summed E-state index contributed by atoms with van der Waals surface area (Å²) in [7, 11) is 0. The topological polar surface area (TPSA) is 35.0 Å². The van der Waals surface area contributed by atoms with Gasteiger partial charge in [-0.1, -0.05) is 35.7 Å². The second-order valence-electron chi connectivity index (χ2n) is 5.99. The van der Waals surface area contributed by atoms with E-state index in [0.29, 0.717) is 0 Å². The molecule has 1 aromatic heterocycles. The molecule has 4 heteroatoms. The first kappa shape index (κ1) is 18.9. The minimum Gasteiger partial charge on any atom is -0.494 e. The van der Waals surface area contributed by atoms with E-state index in [0.717, 1.165) is 41.9 Å². The van der Waals surface area contributed by atoms with Crippen LogP contribution in [0.3, 0.4) is 0 Å². The van der Waals surface area contributed by atoms with E-state index >= 15 is 0 Å². The normalized spacial score (nSPS) is 10.8. The minimum atomic E-state index is 0.773. The lowest BCUT2D eigenvalue weighted by Crippen LogP contribution is -1.97. The summed E-state index contributed by atoms with van der Waals surface area (Å²) in [6.45, 7) is 2.99. The predicted octanol–water partition coefficient (Wildman–Crippen LogP) is 5.82. The Morgan fingerprint density at radius 2 is 1.67 bits per heavy atom. The molecule has 1 aromatic carbocycles. The lowest BCUT2D eigenvalue weighted by molar-refractivity contribution is 0.306. The molecule has 0 N–H and O–H groups in total. The highest BCUT2D eigenvalue weighted by molar-refractivity contribution is 9.09. The number of aromatic nitrogens is 2. The molecule has 0 saturated carbocycles. The van der Waals surface area contributed by atoms with Crippen LogP contribution in [0.2, 0.25) is 0 Å². The average Bonchev–Trinajstić information content (AvgIpc) is 2.63. The third kappa shape index (κ3) is 6.60. The molecule has 0 radical (unpaired) electrons. The summed E-state index contributed by atoms with van der Waals surface area (Å²) < 4.78 is 5.76. The molecule has 3 nitrogen and oxygen atoms in total. The van der Waals surface area contributed by atoms with Gasteiger partial charge in [0.15, 0.2) is 5.82 Å². The second-order valence-corrected chi connectivity index (χ2v) is 6.79. The van der Waals surface area contributed by atoms with Crippen LogP contribution in [0.4, 0.5) is 0 Å². The van der Waals surface area contributed by atoms with Crippen LogP contribution in [-0.2, 0) is 6.42 Å². The van der Waals surface area contributed by atoms with E-state index in [4.69, 9.17) is 4.74 Å². The lowest BCUT2D eigenvalue weighted by Gasteiger charge is -2.07. The molecule has 0 saturated heterocycles. The van der Waals surface area contributed by atoms with E-state index in [-0.39, 0.29) is 0 Å². The number of aryl methyl sites for hydroxylation is 1. The Hall–Kier alpha value is -1.42. The maximum atomic E-state index is 5.76. The largest absolute Gasteiger partial charge is 0.494 e. The van der Waals surface area contributed by atoms with Crippen molar-refractivity contribution in [3.8, 4) is 17.1 Å². The van der Waals surface area contributed by atoms with Crippen molar-refractivity contribution in [2.24, 2.45) is 0 Å². The van der Waals surface area contributed by atoms with Gasteiger partial charge in [0.1, 0.15) is 5.75 Å². The highest BCUT2D eigenvalue weighted by Crippen LogP contribution is 2.19. The molecular weight excluding hydrogens is 364 g/mol. The van der Waals surface area contributed by atoms with Gasteiger partial charge in [-0.25, -0.2) is 9.97 Å². The van der Waals surface area contributed by atoms with Crippen molar-refractivity contribution >= 4 is 15.9 Å². The third-order valence-corrected chi connectivity index (χ3v) is 4.49. The maximum Gasteiger partial charge on any atom is 0.159 e. The van der Waals surface area contributed by atoms with Gasteiger partial charge in [-0.2, -0.15) is 0 Å². The lowest BCUT2D eigenvalue weighted by atomic mass is 10.1. The zero-order valence-corrected chi connectivity index (χ0v) is 16.1. The number of unbranched alkanes of at least 4 members (excludes halogenated alkanes) is 4. The van der Waals surface area contributed by atoms with Crippen molar-refractivity contribution in [2.75, 3.05) is 11.9 Å². The Morgan fingerprint density at radius 1 is 0.917 bits per heavy atom. The van der Waals surface area contributed by atoms with E-state index in [9.17, 15) is 0 Å². The monoisotopic (exact) mass is 390 g/mol. The molecular formula is C20H27BrN2O. The zero-order chi connectivity index (χ0) is 17.0. The number of halogens is 1. The van der Waals surface area contributed by atoms with Crippen molar-refractivity contribution in [3.05, 3.63) is 42.2 Å². The first-order valence-electron chi connectivity index (χ1n) is 8.93. The molecule has 2 aromatic rings. The van der Waals surface area contributed by atoms with E-state index in [1.54, 1.807) is 0 Å². The molecule has 0 atom stereocenters. The van der Waals surface area contributed by atoms with Crippen molar-refractivity contribution < 1.29 is 4.74 Å². The van der Waals surface area contributed by atoms with Crippen LogP contribution in [0.25, 0.3) is 11.4 Å². The second kappa shape index (κ2) is 11.2. The number of nitrogens with zero attached hydrogens (tertiary/aromatic N) is 2. The van der Waals surface area contributed by atoms with Gasteiger partial charge in [0, 0.05) is 23.3 Å². The molecule has 0 unspecified atom stereocenters. The van der Waals surface area contributed by atoms with Crippen LogP contribution in [0.5, 0.6) is 5.75 Å². The number of ether oxygens (including phenoxy) is 1. The molecule has 1 heterocycles. The van der Waals surface area contributed by atoms with Crippen molar-refractivity contribution in [2.45, 2.75) is 51.9 Å². The van der Waals surface area contributed by atoms with Crippen molar-refractivity contribution in [1.82, 2.24) is 9.97 Å². The van der Waals surface area contributed by atoms with Gasteiger partial charge in [-0.15, -0.1) is 0 Å². The third-order valence-electron chi connectivity index (χ3n) is 3.93. The SMILES string of the molecule is CCCCCc1cnc(-c2ccc(OCCCCCBr)cc2)nc1. The molecule has 130 valence electrons. The summed E-state index contributed by atoms with van der Waals surface area (Å²) in [5, 5.41) is 1.07. The first-order valence-corrected chi connectivity index (χ1v) is 10.1. The first-order chi connectivity index (χ1) is 11.8. The Kier molecular flexibility index (Phi) is 8.82. The molecule has 0 aliphatic carbocycles. The van der Waals surface area contributed by atoms with Crippen LogP contribution in [-0.4, -0.2) is 21.9 Å². The Bertz CT molecular complexity index is 569. The molecule has 0 spiro atoms. The molecule has 2 rings (SSSR count). The standard InChI is InChI=1S/C20H27BrN2O/c1-2-3-5-8-17-15-22-20(23-16-17)18-9-11-19(12-10-18)24-14-7-4-6-13-21/h9-12,15-16H,2-8,13-14H2,1H3. The fourth-order valence-corrected chi connectivity index (χ4v) is 2.87. The zero-order valence-electron chi connectivity index (χ0n) is 14.5. The van der Waals surface area contributed by atoms with Gasteiger partial charge in [0.05, 0.1) is 6.61 Å². The van der Waals surface area contributed by atoms with Crippen LogP contribution in [0, 0.1) is 0 Å². The highest BCUT2D eigenvalue weighted by atomic mass is 79.9. The molecule has 0 aliphatic rings. The minimum absolute atomic E-state index is 0.773. The number of alkyl halides is 1. The number of benzene rings is 1. The average molecular weight is 391 g/mol. The molecule has 0 bridgehead atoms. The summed E-state index contributed by atoms with van der Waals surface area (Å²) in [4.78, 5) is 8.99. The van der Waals surface area contributed by atoms with Crippen LogP contribution in [0.1, 0.15) is 51.0 Å². The van der Waals surface area contributed by atoms with Gasteiger partial charge in [-0.05, 0) is 61.9 Å². The summed E-state index contributed by atoms with van der Waals surface area (Å²) in [6.07, 6.45) is 12.2. The van der Waals surface area contributed by atoms with Crippen LogP contribution >= 0.6 is 15.9 Å². The van der Waals surface area contributed by atoms with E-state index < -0.39 is 0 Å². The maximum absolute atomic E-state index is 5.76. The van der Waals surface area contributed by atoms with Crippen molar-refractivity contribution in [1.29, 1.82) is 0 Å². The summed E-state index contributed by atoms with van der Waals surface area (Å²) in [5.41, 5.74) is 2.25. The summed E-state index contributed by atoms with van der Waals surface area (Å²) in [5.74, 6) is 1.69. The van der Waals surface area contributed by atoms with Crippen LogP contribution < -0.4 is 4.74 Å². The van der Waals surface area contributed by atoms with E-state index in [1.807, 2.05) is 36.7 Å². The molecule has 0 aliphatic heterocycles. The van der Waals surface area contributed by atoms with Gasteiger partial charge in [-0.3, -0.25) is 0 Å². The highest BCUT2D eigenvalue weighted by Gasteiger charge is 2.03. The van der Waals surface area contributed by atoms with Gasteiger partial charge >= 0.3 is 0 Å². The smallest absolute Gasteiger partial charge is 0.159 e. The van der Waals surface area contributed by atoms with Crippen LogP contribution in [0.15, 0.2) is 36.7 Å². The predicted molar refractivity (Wildman–Crippen MR) is 104 cm³/mol. The van der Waals surface area contributed by atoms with E-state index in [2.05, 4.69) is 32.8 Å². The molecule has 0 amide bonds. The van der Waals surface area contributed by atoms with Gasteiger partial charge in [0.25, 0.3) is 0 Å². The number of hydrogen-bond acceptors (Lipinski definition) is 3. The molecule has 0 fully saturated rings. The summed E-state index contributed by atoms with van der Waals surface area (Å²) >= 11 is 3.44. The van der Waals surface area contributed by atoms with Gasteiger partial charge in [0.2, 0.25) is 0 Å². The van der Waals surface area contributed by atoms with Gasteiger partial charge < -0.3 is 4.74 Å². The molecule has 24 heavy (non-hydrogen) atoms. The van der Waals surface area contributed by atoms with Crippen molar-refractivity contribution in [3.63, 3.8) is 0 Å².